The van der Waals surface area contributed by atoms with Crippen molar-refractivity contribution < 1.29 is 4.92 Å². The standard InChI is InChI=1S/C5H4ClN3O2/c1-3-7-4(6)2-5(8-3)9(10)11/h2H,1H3. The number of hydrogen-bond acceptors (Lipinski definition) is 4. The molecule has 6 heteroatoms. The maximum absolute atomic E-state index is 10.2. The first-order valence-electron chi connectivity index (χ1n) is 2.75. The molecule has 58 valence electrons. The van der Waals surface area contributed by atoms with Crippen LogP contribution >= 0.6 is 11.6 Å². The van der Waals surface area contributed by atoms with Gasteiger partial charge in [0.15, 0.2) is 0 Å². The van der Waals surface area contributed by atoms with Crippen molar-refractivity contribution in [2.75, 3.05) is 0 Å². The number of nitrogens with zero attached hydrogens (tertiary/aromatic N) is 3. The van der Waals surface area contributed by atoms with E-state index in [1.165, 1.54) is 0 Å². The monoisotopic (exact) mass is 173 g/mol. The first kappa shape index (κ1) is 7.87. The maximum atomic E-state index is 10.2. The molecule has 0 radical (unpaired) electrons. The molecule has 0 aliphatic carbocycles. The van der Waals surface area contributed by atoms with E-state index in [4.69, 9.17) is 11.6 Å². The summed E-state index contributed by atoms with van der Waals surface area (Å²) in [5, 5.41) is 10.2. The van der Waals surface area contributed by atoms with Gasteiger partial charge in [-0.15, -0.1) is 0 Å². The van der Waals surface area contributed by atoms with Crippen LogP contribution in [0.15, 0.2) is 6.07 Å². The van der Waals surface area contributed by atoms with Gasteiger partial charge in [-0.05, 0) is 9.91 Å². The van der Waals surface area contributed by atoms with Crippen molar-refractivity contribution >= 4 is 17.4 Å². The second kappa shape index (κ2) is 2.79. The summed E-state index contributed by atoms with van der Waals surface area (Å²) in [6, 6.07) is 1.11. The van der Waals surface area contributed by atoms with Crippen LogP contribution in [0, 0.1) is 17.0 Å². The van der Waals surface area contributed by atoms with E-state index in [1.807, 2.05) is 0 Å². The molecular formula is C5H4ClN3O2. The lowest BCUT2D eigenvalue weighted by atomic mass is 10.5. The quantitative estimate of drug-likeness (QED) is 0.365. The van der Waals surface area contributed by atoms with Crippen LogP contribution in [-0.2, 0) is 0 Å². The summed E-state index contributed by atoms with van der Waals surface area (Å²) < 4.78 is 0. The third kappa shape index (κ3) is 1.84. The van der Waals surface area contributed by atoms with Crippen molar-refractivity contribution in [2.45, 2.75) is 6.92 Å². The first-order chi connectivity index (χ1) is 5.09. The van der Waals surface area contributed by atoms with Crippen LogP contribution in [0.1, 0.15) is 5.82 Å². The second-order valence-corrected chi connectivity index (χ2v) is 2.24. The van der Waals surface area contributed by atoms with E-state index in [0.717, 1.165) is 6.07 Å². The average Bonchev–Trinajstić information content (AvgIpc) is 1.85. The Bertz CT molecular complexity index is 282. The zero-order valence-corrected chi connectivity index (χ0v) is 6.37. The smallest absolute Gasteiger partial charge is 0.358 e. The summed E-state index contributed by atoms with van der Waals surface area (Å²) in [6.45, 7) is 1.54. The fraction of sp³-hybridized carbons (Fsp3) is 0.200. The van der Waals surface area contributed by atoms with E-state index in [0.29, 0.717) is 5.82 Å². The van der Waals surface area contributed by atoms with Gasteiger partial charge in [0.1, 0.15) is 5.15 Å². The van der Waals surface area contributed by atoms with E-state index < -0.39 is 4.92 Å². The lowest BCUT2D eigenvalue weighted by Crippen LogP contribution is -1.95. The van der Waals surface area contributed by atoms with Gasteiger partial charge < -0.3 is 10.1 Å². The Morgan fingerprint density at radius 2 is 2.27 bits per heavy atom. The van der Waals surface area contributed by atoms with Gasteiger partial charge in [0.25, 0.3) is 0 Å². The normalized spacial score (nSPS) is 9.64. The van der Waals surface area contributed by atoms with E-state index >= 15 is 0 Å². The highest BCUT2D eigenvalue weighted by molar-refractivity contribution is 6.29. The van der Waals surface area contributed by atoms with Crippen LogP contribution < -0.4 is 0 Å². The number of aryl methyl sites for hydroxylation is 1. The summed E-state index contributed by atoms with van der Waals surface area (Å²) in [7, 11) is 0. The molecule has 0 fully saturated rings. The Morgan fingerprint density at radius 3 is 2.73 bits per heavy atom. The van der Waals surface area contributed by atoms with E-state index in [-0.39, 0.29) is 11.0 Å². The largest absolute Gasteiger partial charge is 0.368 e. The molecule has 1 aromatic heterocycles. The molecule has 0 amide bonds. The molecule has 0 unspecified atom stereocenters. The fourth-order valence-corrected chi connectivity index (χ4v) is 0.830. The van der Waals surface area contributed by atoms with Gasteiger partial charge in [-0.1, -0.05) is 11.6 Å². The average molecular weight is 174 g/mol. The molecule has 0 atom stereocenters. The molecule has 1 heterocycles. The molecule has 0 bridgehead atoms. The summed E-state index contributed by atoms with van der Waals surface area (Å²) >= 11 is 5.44. The Hall–Kier alpha value is -1.23. The van der Waals surface area contributed by atoms with Crippen LogP contribution in [0.4, 0.5) is 5.82 Å². The van der Waals surface area contributed by atoms with Gasteiger partial charge in [-0.3, -0.25) is 0 Å². The van der Waals surface area contributed by atoms with E-state index in [2.05, 4.69) is 9.97 Å². The topological polar surface area (TPSA) is 68.9 Å². The van der Waals surface area contributed by atoms with E-state index in [9.17, 15) is 10.1 Å². The van der Waals surface area contributed by atoms with Crippen molar-refractivity contribution in [3.8, 4) is 0 Å². The Labute approximate surface area is 67.2 Å². The van der Waals surface area contributed by atoms with Crippen molar-refractivity contribution in [1.29, 1.82) is 0 Å². The van der Waals surface area contributed by atoms with Gasteiger partial charge >= 0.3 is 5.82 Å². The van der Waals surface area contributed by atoms with E-state index in [1.54, 1.807) is 6.92 Å². The van der Waals surface area contributed by atoms with Gasteiger partial charge in [-0.25, -0.2) is 0 Å². The summed E-state index contributed by atoms with van der Waals surface area (Å²) in [4.78, 5) is 16.8. The van der Waals surface area contributed by atoms with Crippen LogP contribution in [0.5, 0.6) is 0 Å². The minimum Gasteiger partial charge on any atom is -0.358 e. The van der Waals surface area contributed by atoms with Crippen molar-refractivity contribution in [1.82, 2.24) is 9.97 Å². The molecule has 0 saturated heterocycles. The molecule has 0 aromatic carbocycles. The molecule has 0 aliphatic rings. The maximum Gasteiger partial charge on any atom is 0.368 e. The van der Waals surface area contributed by atoms with Gasteiger partial charge in [0.2, 0.25) is 5.82 Å². The first-order valence-corrected chi connectivity index (χ1v) is 3.13. The summed E-state index contributed by atoms with van der Waals surface area (Å²) in [5.41, 5.74) is 0. The number of halogens is 1. The summed E-state index contributed by atoms with van der Waals surface area (Å²) in [6.07, 6.45) is 0. The molecule has 11 heavy (non-hydrogen) atoms. The van der Waals surface area contributed by atoms with Crippen molar-refractivity contribution in [2.24, 2.45) is 0 Å². The molecule has 1 aromatic rings. The van der Waals surface area contributed by atoms with Crippen molar-refractivity contribution in [3.63, 3.8) is 0 Å². The third-order valence-corrected chi connectivity index (χ3v) is 1.17. The van der Waals surface area contributed by atoms with Gasteiger partial charge in [-0.2, -0.15) is 4.98 Å². The number of nitro groups is 1. The zero-order valence-electron chi connectivity index (χ0n) is 5.61. The fourth-order valence-electron chi connectivity index (χ4n) is 0.610. The highest BCUT2D eigenvalue weighted by Gasteiger charge is 2.09. The number of rotatable bonds is 1. The second-order valence-electron chi connectivity index (χ2n) is 1.85. The Balaban J connectivity index is 3.19. The molecule has 0 aliphatic heterocycles. The molecular weight excluding hydrogens is 170 g/mol. The number of hydrogen-bond donors (Lipinski definition) is 0. The predicted octanol–water partition coefficient (Wildman–Crippen LogP) is 1.35. The van der Waals surface area contributed by atoms with Crippen LogP contribution in [0.3, 0.4) is 0 Å². The Kier molecular flexibility index (Phi) is 2.00. The highest BCUT2D eigenvalue weighted by atomic mass is 35.5. The van der Waals surface area contributed by atoms with Crippen LogP contribution in [0.2, 0.25) is 5.15 Å². The third-order valence-electron chi connectivity index (χ3n) is 0.980. The van der Waals surface area contributed by atoms with Gasteiger partial charge in [0.05, 0.1) is 6.07 Å². The molecule has 0 spiro atoms. The molecule has 5 nitrogen and oxygen atoms in total. The highest BCUT2D eigenvalue weighted by Crippen LogP contribution is 2.12. The van der Waals surface area contributed by atoms with Crippen molar-refractivity contribution in [3.05, 3.63) is 27.2 Å². The van der Waals surface area contributed by atoms with Gasteiger partial charge in [0, 0.05) is 6.92 Å². The lowest BCUT2D eigenvalue weighted by Gasteiger charge is -1.91. The molecule has 1 rings (SSSR count). The van der Waals surface area contributed by atoms with Crippen LogP contribution in [-0.4, -0.2) is 14.9 Å². The zero-order chi connectivity index (χ0) is 8.43. The minimum absolute atomic E-state index is 0.0872. The summed E-state index contributed by atoms with van der Waals surface area (Å²) in [5.74, 6) is 0.0201. The molecule has 0 N–H and O–H groups in total. The Morgan fingerprint density at radius 1 is 1.64 bits per heavy atom. The SMILES string of the molecule is Cc1nc(Cl)cc([N+](=O)[O-])n1. The lowest BCUT2D eigenvalue weighted by molar-refractivity contribution is -0.389. The molecule has 0 saturated carbocycles. The van der Waals surface area contributed by atoms with Crippen LogP contribution in [0.25, 0.3) is 0 Å². The number of aromatic nitrogens is 2. The minimum atomic E-state index is -0.611. The predicted molar refractivity (Wildman–Crippen MR) is 38.4 cm³/mol.